The van der Waals surface area contributed by atoms with E-state index in [1.807, 2.05) is 0 Å². The Morgan fingerprint density at radius 2 is 2.10 bits per heavy atom. The van der Waals surface area contributed by atoms with Gasteiger partial charge in [0.2, 0.25) is 0 Å². The number of carbonyl (C=O) groups is 1. The number of nitro groups is 1. The summed E-state index contributed by atoms with van der Waals surface area (Å²) in [6, 6.07) is 11.0. The Labute approximate surface area is 120 Å². The van der Waals surface area contributed by atoms with Crippen LogP contribution in [0.1, 0.15) is 23.0 Å². The van der Waals surface area contributed by atoms with E-state index in [0.717, 1.165) is 0 Å². The minimum Gasteiger partial charge on any atom is -0.266 e. The van der Waals surface area contributed by atoms with E-state index in [0.29, 0.717) is 11.3 Å². The Bertz CT molecular complexity index is 698. The van der Waals surface area contributed by atoms with Gasteiger partial charge in [0, 0.05) is 23.9 Å². The second-order valence-electron chi connectivity index (χ2n) is 4.16. The molecule has 0 aliphatic carbocycles. The van der Waals surface area contributed by atoms with Crippen molar-refractivity contribution in [2.75, 3.05) is 0 Å². The number of hydrogen-bond acceptors (Lipinski definition) is 5. The highest BCUT2D eigenvalue weighted by Crippen LogP contribution is 2.13. The lowest BCUT2D eigenvalue weighted by atomic mass is 10.1. The van der Waals surface area contributed by atoms with Gasteiger partial charge < -0.3 is 0 Å². The summed E-state index contributed by atoms with van der Waals surface area (Å²) >= 11 is 0. The summed E-state index contributed by atoms with van der Waals surface area (Å²) in [6.07, 6.45) is 1.51. The van der Waals surface area contributed by atoms with Crippen LogP contribution in [0.15, 0.2) is 53.8 Å². The lowest BCUT2D eigenvalue weighted by Crippen LogP contribution is -2.20. The summed E-state index contributed by atoms with van der Waals surface area (Å²) in [7, 11) is 0. The van der Waals surface area contributed by atoms with Gasteiger partial charge in [-0.25, -0.2) is 5.43 Å². The van der Waals surface area contributed by atoms with Crippen LogP contribution in [0.2, 0.25) is 0 Å². The fraction of sp³-hybridized carbons (Fsp3) is 0.0714. The largest absolute Gasteiger partial charge is 0.289 e. The number of carbonyl (C=O) groups excluding carboxylic acids is 1. The Morgan fingerprint density at radius 1 is 1.29 bits per heavy atom. The first-order valence-corrected chi connectivity index (χ1v) is 6.08. The third kappa shape index (κ3) is 3.69. The highest BCUT2D eigenvalue weighted by molar-refractivity contribution is 6.00. The molecule has 2 rings (SSSR count). The summed E-state index contributed by atoms with van der Waals surface area (Å²) in [6.45, 7) is 1.65. The number of aromatic nitrogens is 1. The van der Waals surface area contributed by atoms with Crippen LogP contribution in [-0.2, 0) is 0 Å². The molecule has 21 heavy (non-hydrogen) atoms. The van der Waals surface area contributed by atoms with Gasteiger partial charge in [-0.3, -0.25) is 19.9 Å². The zero-order valence-corrected chi connectivity index (χ0v) is 11.2. The summed E-state index contributed by atoms with van der Waals surface area (Å²) in [5.41, 5.74) is 3.60. The molecule has 1 N–H and O–H groups in total. The molecule has 1 aromatic heterocycles. The number of nitro benzene ring substituents is 1. The first kappa shape index (κ1) is 14.3. The van der Waals surface area contributed by atoms with Gasteiger partial charge in [0.25, 0.3) is 11.6 Å². The molecule has 7 nitrogen and oxygen atoms in total. The Balaban J connectivity index is 2.13. The van der Waals surface area contributed by atoms with E-state index >= 15 is 0 Å². The van der Waals surface area contributed by atoms with Crippen LogP contribution in [0, 0.1) is 10.1 Å². The molecule has 2 aromatic rings. The Kier molecular flexibility index (Phi) is 4.35. The molecule has 1 amide bonds. The normalized spacial score (nSPS) is 11.0. The predicted molar refractivity (Wildman–Crippen MR) is 77.0 cm³/mol. The molecule has 0 aliphatic rings. The number of pyridine rings is 1. The minimum atomic E-state index is -0.483. The van der Waals surface area contributed by atoms with E-state index in [9.17, 15) is 14.9 Å². The number of hydrogen-bond donors (Lipinski definition) is 1. The van der Waals surface area contributed by atoms with Gasteiger partial charge in [-0.05, 0) is 19.1 Å². The quantitative estimate of drug-likeness (QED) is 0.528. The number of rotatable bonds is 4. The smallest absolute Gasteiger partial charge is 0.266 e. The van der Waals surface area contributed by atoms with Gasteiger partial charge in [0.15, 0.2) is 0 Å². The maximum Gasteiger partial charge on any atom is 0.289 e. The molecule has 0 spiro atoms. The maximum absolute atomic E-state index is 11.8. The van der Waals surface area contributed by atoms with E-state index in [-0.39, 0.29) is 11.4 Å². The molecule has 0 radical (unpaired) electrons. The molecule has 1 heterocycles. The van der Waals surface area contributed by atoms with E-state index in [4.69, 9.17) is 0 Å². The van der Waals surface area contributed by atoms with Gasteiger partial charge in [0.05, 0.1) is 10.6 Å². The van der Waals surface area contributed by atoms with Crippen molar-refractivity contribution in [1.82, 2.24) is 10.4 Å². The molecule has 0 unspecified atom stereocenters. The third-order valence-corrected chi connectivity index (χ3v) is 2.70. The number of nitrogens with zero attached hydrogens (tertiary/aromatic N) is 3. The van der Waals surface area contributed by atoms with Crippen molar-refractivity contribution in [3.63, 3.8) is 0 Å². The number of nitrogens with one attached hydrogen (secondary N) is 1. The molecule has 0 saturated heterocycles. The van der Waals surface area contributed by atoms with Gasteiger partial charge in [-0.1, -0.05) is 18.2 Å². The maximum atomic E-state index is 11.8. The summed E-state index contributed by atoms with van der Waals surface area (Å²) < 4.78 is 0. The molecule has 106 valence electrons. The molecule has 0 aliphatic heterocycles. The fourth-order valence-corrected chi connectivity index (χ4v) is 1.60. The Hall–Kier alpha value is -3.09. The van der Waals surface area contributed by atoms with E-state index < -0.39 is 10.8 Å². The van der Waals surface area contributed by atoms with E-state index in [2.05, 4.69) is 15.5 Å². The zero-order chi connectivity index (χ0) is 15.2. The SMILES string of the molecule is C/C(=N\NC(=O)c1ccccn1)c1cccc([N+](=O)[O-])c1. The van der Waals surface area contributed by atoms with E-state index in [1.165, 1.54) is 18.3 Å². The topological polar surface area (TPSA) is 97.5 Å². The molecule has 0 saturated carbocycles. The molecule has 0 fully saturated rings. The monoisotopic (exact) mass is 284 g/mol. The van der Waals surface area contributed by atoms with Crippen LogP contribution in [0.4, 0.5) is 5.69 Å². The van der Waals surface area contributed by atoms with Crippen LogP contribution in [0.3, 0.4) is 0 Å². The lowest BCUT2D eigenvalue weighted by molar-refractivity contribution is -0.384. The van der Waals surface area contributed by atoms with Crippen LogP contribution in [0.5, 0.6) is 0 Å². The average molecular weight is 284 g/mol. The van der Waals surface area contributed by atoms with Crippen molar-refractivity contribution < 1.29 is 9.72 Å². The summed E-state index contributed by atoms with van der Waals surface area (Å²) in [5, 5.41) is 14.6. The molecule has 0 atom stereocenters. The van der Waals surface area contributed by atoms with Crippen LogP contribution in [-0.4, -0.2) is 21.5 Å². The number of amides is 1. The third-order valence-electron chi connectivity index (χ3n) is 2.70. The predicted octanol–water partition coefficient (Wildman–Crippen LogP) is 2.14. The zero-order valence-electron chi connectivity index (χ0n) is 11.2. The highest BCUT2D eigenvalue weighted by atomic mass is 16.6. The summed E-state index contributed by atoms with van der Waals surface area (Å²) in [5.74, 6) is -0.444. The van der Waals surface area contributed by atoms with Gasteiger partial charge in [-0.15, -0.1) is 0 Å². The average Bonchev–Trinajstić information content (AvgIpc) is 2.53. The fourth-order valence-electron chi connectivity index (χ4n) is 1.60. The second-order valence-corrected chi connectivity index (χ2v) is 4.16. The van der Waals surface area contributed by atoms with Crippen molar-refractivity contribution >= 4 is 17.3 Å². The lowest BCUT2D eigenvalue weighted by Gasteiger charge is -2.02. The van der Waals surface area contributed by atoms with Crippen molar-refractivity contribution in [2.24, 2.45) is 5.10 Å². The molecule has 7 heteroatoms. The minimum absolute atomic E-state index is 0.0295. The molecule has 0 bridgehead atoms. The first-order valence-electron chi connectivity index (χ1n) is 6.08. The summed E-state index contributed by atoms with van der Waals surface area (Å²) in [4.78, 5) is 25.9. The van der Waals surface area contributed by atoms with E-state index in [1.54, 1.807) is 37.3 Å². The van der Waals surface area contributed by atoms with Crippen molar-refractivity contribution in [1.29, 1.82) is 0 Å². The molecule has 1 aromatic carbocycles. The molecular weight excluding hydrogens is 272 g/mol. The highest BCUT2D eigenvalue weighted by Gasteiger charge is 2.08. The van der Waals surface area contributed by atoms with Crippen molar-refractivity contribution in [2.45, 2.75) is 6.92 Å². The van der Waals surface area contributed by atoms with Gasteiger partial charge >= 0.3 is 0 Å². The number of non-ortho nitro benzene ring substituents is 1. The number of benzene rings is 1. The Morgan fingerprint density at radius 3 is 2.76 bits per heavy atom. The van der Waals surface area contributed by atoms with Crippen LogP contribution in [0.25, 0.3) is 0 Å². The first-order chi connectivity index (χ1) is 10.1. The van der Waals surface area contributed by atoms with Gasteiger partial charge in [-0.2, -0.15) is 5.10 Å². The molecular formula is C14H12N4O3. The standard InChI is InChI=1S/C14H12N4O3/c1-10(11-5-4-6-12(9-11)18(20)21)16-17-14(19)13-7-2-3-8-15-13/h2-9H,1H3,(H,17,19)/b16-10+. The van der Waals surface area contributed by atoms with Crippen LogP contribution < -0.4 is 5.43 Å². The second kappa shape index (κ2) is 6.38. The van der Waals surface area contributed by atoms with Crippen LogP contribution >= 0.6 is 0 Å². The van der Waals surface area contributed by atoms with Crippen molar-refractivity contribution in [3.05, 3.63) is 70.0 Å². The number of hydrazone groups is 1. The van der Waals surface area contributed by atoms with Crippen molar-refractivity contribution in [3.8, 4) is 0 Å². The van der Waals surface area contributed by atoms with Gasteiger partial charge in [0.1, 0.15) is 5.69 Å².